The highest BCUT2D eigenvalue weighted by atomic mass is 16.3. The average molecular weight is 260 g/mol. The monoisotopic (exact) mass is 260 g/mol. The summed E-state index contributed by atoms with van der Waals surface area (Å²) in [5, 5.41) is 10.5. The van der Waals surface area contributed by atoms with Crippen molar-refractivity contribution < 1.29 is 9.90 Å². The normalized spacial score (nSPS) is 49.1. The molecule has 4 aliphatic carbocycles. The molecule has 4 saturated carbocycles. The van der Waals surface area contributed by atoms with Gasteiger partial charge in [0.15, 0.2) is 0 Å². The lowest BCUT2D eigenvalue weighted by atomic mass is 9.74. The van der Waals surface area contributed by atoms with E-state index in [1.165, 1.54) is 19.3 Å². The van der Waals surface area contributed by atoms with Gasteiger partial charge in [-0.3, -0.25) is 4.79 Å². The van der Waals surface area contributed by atoms with Crippen LogP contribution in [0.5, 0.6) is 0 Å². The van der Waals surface area contributed by atoms with E-state index in [1.54, 1.807) is 11.1 Å². The molecule has 0 aromatic rings. The summed E-state index contributed by atoms with van der Waals surface area (Å²) in [5.74, 6) is 3.36. The van der Waals surface area contributed by atoms with Crippen molar-refractivity contribution in [1.82, 2.24) is 0 Å². The van der Waals surface area contributed by atoms with Crippen molar-refractivity contribution in [2.75, 3.05) is 0 Å². The fourth-order valence-electron chi connectivity index (χ4n) is 5.69. The van der Waals surface area contributed by atoms with Gasteiger partial charge in [-0.1, -0.05) is 11.1 Å². The van der Waals surface area contributed by atoms with Gasteiger partial charge in [-0.2, -0.15) is 0 Å². The Morgan fingerprint density at radius 1 is 1.05 bits per heavy atom. The number of carbonyl (C=O) groups is 1. The van der Waals surface area contributed by atoms with E-state index in [2.05, 4.69) is 6.92 Å². The molecule has 0 amide bonds. The third-order valence-electron chi connectivity index (χ3n) is 6.58. The van der Waals surface area contributed by atoms with Gasteiger partial charge >= 0.3 is 0 Å². The van der Waals surface area contributed by atoms with Gasteiger partial charge in [0, 0.05) is 12.8 Å². The molecule has 19 heavy (non-hydrogen) atoms. The molecule has 0 heterocycles. The summed E-state index contributed by atoms with van der Waals surface area (Å²) in [6.07, 6.45) is 8.41. The molecule has 0 unspecified atom stereocenters. The largest absolute Gasteiger partial charge is 0.390 e. The molecule has 4 fully saturated rings. The Hall–Kier alpha value is -0.630. The maximum atomic E-state index is 11.4. The first-order chi connectivity index (χ1) is 9.04. The lowest BCUT2D eigenvalue weighted by molar-refractivity contribution is -0.119. The topological polar surface area (TPSA) is 37.3 Å². The third-order valence-corrected chi connectivity index (χ3v) is 6.58. The van der Waals surface area contributed by atoms with E-state index in [1.807, 2.05) is 0 Å². The Labute approximate surface area is 115 Å². The Balaban J connectivity index is 1.56. The number of hydrogen-bond acceptors (Lipinski definition) is 2. The third kappa shape index (κ3) is 1.75. The molecule has 0 aliphatic heterocycles. The Morgan fingerprint density at radius 2 is 1.74 bits per heavy atom. The highest BCUT2D eigenvalue weighted by Gasteiger charge is 2.59. The number of Topliss-reactive ketones (excluding diaryl/α,β-unsaturated/α-hetero) is 1. The van der Waals surface area contributed by atoms with Crippen LogP contribution >= 0.6 is 0 Å². The highest BCUT2D eigenvalue weighted by molar-refractivity contribution is 5.80. The fraction of sp³-hybridized carbons (Fsp3) is 0.824. The summed E-state index contributed by atoms with van der Waals surface area (Å²) in [7, 11) is 0. The van der Waals surface area contributed by atoms with Crippen LogP contribution in [-0.2, 0) is 4.79 Å². The van der Waals surface area contributed by atoms with E-state index in [4.69, 9.17) is 0 Å². The first-order valence-corrected chi connectivity index (χ1v) is 7.98. The van der Waals surface area contributed by atoms with E-state index in [9.17, 15) is 9.90 Å². The van der Waals surface area contributed by atoms with Crippen molar-refractivity contribution >= 4 is 5.78 Å². The molecule has 4 aliphatic rings. The number of carbonyl (C=O) groups excluding carboxylic acids is 1. The zero-order valence-electron chi connectivity index (χ0n) is 11.8. The van der Waals surface area contributed by atoms with Crippen LogP contribution < -0.4 is 0 Å². The van der Waals surface area contributed by atoms with Crippen LogP contribution in [0.4, 0.5) is 0 Å². The maximum absolute atomic E-state index is 11.4. The molecule has 2 heteroatoms. The van der Waals surface area contributed by atoms with Gasteiger partial charge in [0.25, 0.3) is 0 Å². The predicted molar refractivity (Wildman–Crippen MR) is 73.6 cm³/mol. The number of ketones is 1. The van der Waals surface area contributed by atoms with E-state index in [0.29, 0.717) is 11.7 Å². The molecule has 0 aromatic carbocycles. The Bertz CT molecular complexity index is 448. The van der Waals surface area contributed by atoms with Gasteiger partial charge in [0.1, 0.15) is 5.78 Å². The van der Waals surface area contributed by atoms with Crippen LogP contribution in [-0.4, -0.2) is 16.5 Å². The average Bonchev–Trinajstić information content (AvgIpc) is 2.98. The molecule has 0 radical (unpaired) electrons. The summed E-state index contributed by atoms with van der Waals surface area (Å²) < 4.78 is 0. The van der Waals surface area contributed by atoms with E-state index >= 15 is 0 Å². The van der Waals surface area contributed by atoms with Crippen LogP contribution in [0.2, 0.25) is 0 Å². The SMILES string of the molecule is C[C@@]1(O)C[C@H]2C[C@@H]1[C@@H]1CC(=C3CCC(=O)CC3)C[C@H]21. The standard InChI is InChI=1S/C17H24O2/c1-17(19)9-12-8-16(17)15-7-11(6-14(12)15)10-2-4-13(18)5-3-10/h12,14-16,19H,2-9H2,1H3/t12-,14-,15-,16-,17-/m1/s1. The molecule has 2 bridgehead atoms. The van der Waals surface area contributed by atoms with Crippen LogP contribution in [0.15, 0.2) is 11.1 Å². The molecule has 104 valence electrons. The van der Waals surface area contributed by atoms with Crippen molar-refractivity contribution in [2.45, 2.75) is 63.9 Å². The molecular weight excluding hydrogens is 236 g/mol. The zero-order valence-corrected chi connectivity index (χ0v) is 11.8. The molecular formula is C17H24O2. The number of allylic oxidation sites excluding steroid dienone is 2. The minimum absolute atomic E-state index is 0.394. The van der Waals surface area contributed by atoms with E-state index < -0.39 is 5.60 Å². The second kappa shape index (κ2) is 3.94. The summed E-state index contributed by atoms with van der Waals surface area (Å²) in [6, 6.07) is 0. The van der Waals surface area contributed by atoms with Crippen LogP contribution in [0, 0.1) is 23.7 Å². The summed E-state index contributed by atoms with van der Waals surface area (Å²) in [6.45, 7) is 2.05. The van der Waals surface area contributed by atoms with Crippen LogP contribution in [0.3, 0.4) is 0 Å². The Kier molecular flexibility index (Phi) is 2.52. The highest BCUT2D eigenvalue weighted by Crippen LogP contribution is 2.63. The van der Waals surface area contributed by atoms with Gasteiger partial charge < -0.3 is 5.11 Å². The van der Waals surface area contributed by atoms with Gasteiger partial charge in [-0.15, -0.1) is 0 Å². The fourth-order valence-corrected chi connectivity index (χ4v) is 5.69. The molecule has 2 nitrogen and oxygen atoms in total. The van der Waals surface area contributed by atoms with Crippen molar-refractivity contribution in [3.63, 3.8) is 0 Å². The predicted octanol–water partition coefficient (Wildman–Crippen LogP) is 3.24. The number of aliphatic hydroxyl groups is 1. The second-order valence-electron chi connectivity index (χ2n) is 7.65. The van der Waals surface area contributed by atoms with Crippen molar-refractivity contribution in [2.24, 2.45) is 23.7 Å². The van der Waals surface area contributed by atoms with Crippen molar-refractivity contribution in [1.29, 1.82) is 0 Å². The minimum Gasteiger partial charge on any atom is -0.390 e. The molecule has 1 N–H and O–H groups in total. The lowest BCUT2D eigenvalue weighted by Crippen LogP contribution is -2.38. The number of fused-ring (bicyclic) bond motifs is 5. The Morgan fingerprint density at radius 3 is 2.47 bits per heavy atom. The first-order valence-electron chi connectivity index (χ1n) is 7.98. The lowest BCUT2D eigenvalue weighted by Gasteiger charge is -2.35. The first kappa shape index (κ1) is 12.1. The molecule has 5 atom stereocenters. The van der Waals surface area contributed by atoms with Crippen molar-refractivity contribution in [3.05, 3.63) is 11.1 Å². The molecule has 0 spiro atoms. The van der Waals surface area contributed by atoms with Gasteiger partial charge in [-0.25, -0.2) is 0 Å². The summed E-state index contributed by atoms with van der Waals surface area (Å²) in [4.78, 5) is 11.4. The summed E-state index contributed by atoms with van der Waals surface area (Å²) in [5.41, 5.74) is 2.89. The minimum atomic E-state index is -0.394. The second-order valence-corrected chi connectivity index (χ2v) is 7.65. The molecule has 4 rings (SSSR count). The van der Waals surface area contributed by atoms with Gasteiger partial charge in [-0.05, 0) is 69.1 Å². The van der Waals surface area contributed by atoms with Crippen LogP contribution in [0.1, 0.15) is 58.3 Å². The van der Waals surface area contributed by atoms with Gasteiger partial charge in [0.2, 0.25) is 0 Å². The number of hydrogen-bond donors (Lipinski definition) is 1. The van der Waals surface area contributed by atoms with E-state index in [0.717, 1.165) is 49.9 Å². The quantitative estimate of drug-likeness (QED) is 0.679. The maximum Gasteiger partial charge on any atom is 0.133 e. The zero-order chi connectivity index (χ0) is 13.2. The summed E-state index contributed by atoms with van der Waals surface area (Å²) >= 11 is 0. The molecule has 0 saturated heterocycles. The van der Waals surface area contributed by atoms with Crippen LogP contribution in [0.25, 0.3) is 0 Å². The van der Waals surface area contributed by atoms with E-state index in [-0.39, 0.29) is 0 Å². The number of rotatable bonds is 0. The molecule has 0 aromatic heterocycles. The smallest absolute Gasteiger partial charge is 0.133 e. The van der Waals surface area contributed by atoms with Gasteiger partial charge in [0.05, 0.1) is 5.60 Å². The van der Waals surface area contributed by atoms with Crippen molar-refractivity contribution in [3.8, 4) is 0 Å².